The van der Waals surface area contributed by atoms with Crippen LogP contribution in [0.25, 0.3) is 22.2 Å². The number of hydrogen-bond donors (Lipinski definition) is 2. The fourth-order valence-electron chi connectivity index (χ4n) is 3.48. The number of benzene rings is 2. The number of aryl methyl sites for hydroxylation is 2. The summed E-state index contributed by atoms with van der Waals surface area (Å²) in [6.07, 6.45) is 3.47. The number of amides is 1. The SMILES string of the molecule is Cc1cc(-c2ccccc2OCCO)nc2ccc(CCC(=O)NC3CC3)cc12. The number of hydrogen-bond acceptors (Lipinski definition) is 4. The molecule has 0 radical (unpaired) electrons. The summed E-state index contributed by atoms with van der Waals surface area (Å²) in [5.74, 6) is 0.850. The predicted molar refractivity (Wildman–Crippen MR) is 114 cm³/mol. The van der Waals surface area contributed by atoms with Gasteiger partial charge in [-0.25, -0.2) is 4.98 Å². The zero-order chi connectivity index (χ0) is 20.2. The summed E-state index contributed by atoms with van der Waals surface area (Å²) in [6.45, 7) is 2.30. The molecule has 5 nitrogen and oxygen atoms in total. The average Bonchev–Trinajstić information content (AvgIpc) is 3.55. The summed E-state index contributed by atoms with van der Waals surface area (Å²) in [7, 11) is 0. The van der Waals surface area contributed by atoms with E-state index >= 15 is 0 Å². The lowest BCUT2D eigenvalue weighted by Gasteiger charge is -2.12. The molecule has 5 heteroatoms. The zero-order valence-electron chi connectivity index (χ0n) is 16.6. The van der Waals surface area contributed by atoms with Crippen LogP contribution in [0.1, 0.15) is 30.4 Å². The lowest BCUT2D eigenvalue weighted by Crippen LogP contribution is -2.25. The number of carbonyl (C=O) groups is 1. The quantitative estimate of drug-likeness (QED) is 0.614. The molecule has 0 spiro atoms. The Morgan fingerprint density at radius 3 is 2.83 bits per heavy atom. The van der Waals surface area contributed by atoms with Gasteiger partial charge in [0, 0.05) is 23.4 Å². The van der Waals surface area contributed by atoms with Gasteiger partial charge in [0.15, 0.2) is 0 Å². The Labute approximate surface area is 170 Å². The third-order valence-corrected chi connectivity index (χ3v) is 5.17. The molecule has 0 saturated heterocycles. The first kappa shape index (κ1) is 19.4. The summed E-state index contributed by atoms with van der Waals surface area (Å²) >= 11 is 0. The van der Waals surface area contributed by atoms with Crippen LogP contribution in [0.3, 0.4) is 0 Å². The van der Waals surface area contributed by atoms with Gasteiger partial charge in [-0.15, -0.1) is 0 Å². The standard InChI is InChI=1S/C24H26N2O3/c1-16-14-22(19-4-2-3-5-23(19)29-13-12-27)26-21-10-6-17(15-20(16)21)7-11-24(28)25-18-8-9-18/h2-6,10,14-15,18,27H,7-9,11-13H2,1H3,(H,25,28). The summed E-state index contributed by atoms with van der Waals surface area (Å²) in [6, 6.07) is 16.4. The first-order valence-corrected chi connectivity index (χ1v) is 10.2. The lowest BCUT2D eigenvalue weighted by molar-refractivity contribution is -0.121. The van der Waals surface area contributed by atoms with E-state index in [0.29, 0.717) is 18.2 Å². The van der Waals surface area contributed by atoms with Crippen LogP contribution in [0.15, 0.2) is 48.5 Å². The highest BCUT2D eigenvalue weighted by molar-refractivity contribution is 5.86. The molecule has 1 aliphatic carbocycles. The minimum atomic E-state index is -0.0278. The van der Waals surface area contributed by atoms with E-state index in [1.54, 1.807) is 0 Å². The Kier molecular flexibility index (Phi) is 5.76. The van der Waals surface area contributed by atoms with Crippen molar-refractivity contribution < 1.29 is 14.6 Å². The van der Waals surface area contributed by atoms with Gasteiger partial charge in [-0.05, 0) is 67.6 Å². The van der Waals surface area contributed by atoms with E-state index in [1.807, 2.05) is 30.3 Å². The summed E-state index contributed by atoms with van der Waals surface area (Å²) in [5, 5.41) is 13.2. The number of nitrogens with one attached hydrogen (secondary N) is 1. The van der Waals surface area contributed by atoms with E-state index in [4.69, 9.17) is 14.8 Å². The highest BCUT2D eigenvalue weighted by Crippen LogP contribution is 2.31. The van der Waals surface area contributed by atoms with E-state index in [0.717, 1.165) is 52.5 Å². The number of carbonyl (C=O) groups excluding carboxylic acids is 1. The molecule has 0 atom stereocenters. The van der Waals surface area contributed by atoms with Gasteiger partial charge in [0.25, 0.3) is 0 Å². The van der Waals surface area contributed by atoms with Crippen molar-refractivity contribution in [3.63, 3.8) is 0 Å². The highest BCUT2D eigenvalue weighted by atomic mass is 16.5. The van der Waals surface area contributed by atoms with E-state index in [9.17, 15) is 4.79 Å². The van der Waals surface area contributed by atoms with Gasteiger partial charge in [-0.2, -0.15) is 0 Å². The molecule has 1 amide bonds. The van der Waals surface area contributed by atoms with Crippen LogP contribution in [0, 0.1) is 6.92 Å². The van der Waals surface area contributed by atoms with Gasteiger partial charge in [0.2, 0.25) is 5.91 Å². The Morgan fingerprint density at radius 1 is 1.21 bits per heavy atom. The minimum Gasteiger partial charge on any atom is -0.490 e. The minimum absolute atomic E-state index is 0.0278. The number of fused-ring (bicyclic) bond motifs is 1. The molecule has 0 bridgehead atoms. The van der Waals surface area contributed by atoms with Crippen molar-refractivity contribution >= 4 is 16.8 Å². The van der Waals surface area contributed by atoms with Crippen molar-refractivity contribution in [2.24, 2.45) is 0 Å². The van der Waals surface area contributed by atoms with Crippen molar-refractivity contribution in [2.45, 2.75) is 38.6 Å². The van der Waals surface area contributed by atoms with Gasteiger partial charge in [-0.3, -0.25) is 4.79 Å². The summed E-state index contributed by atoms with van der Waals surface area (Å²) < 4.78 is 5.67. The first-order valence-electron chi connectivity index (χ1n) is 10.2. The molecule has 2 N–H and O–H groups in total. The van der Waals surface area contributed by atoms with Crippen molar-refractivity contribution in [1.29, 1.82) is 0 Å². The van der Waals surface area contributed by atoms with Crippen LogP contribution in [-0.2, 0) is 11.2 Å². The molecule has 1 fully saturated rings. The Balaban J connectivity index is 1.57. The maximum Gasteiger partial charge on any atom is 0.220 e. The first-order chi connectivity index (χ1) is 14.1. The monoisotopic (exact) mass is 390 g/mol. The largest absolute Gasteiger partial charge is 0.490 e. The van der Waals surface area contributed by atoms with Crippen molar-refractivity contribution in [1.82, 2.24) is 10.3 Å². The second kappa shape index (κ2) is 8.62. The summed E-state index contributed by atoms with van der Waals surface area (Å²) in [4.78, 5) is 16.8. The molecule has 1 saturated carbocycles. The number of para-hydroxylation sites is 1. The van der Waals surface area contributed by atoms with Gasteiger partial charge < -0.3 is 15.2 Å². The number of ether oxygens (including phenoxy) is 1. The second-order valence-corrected chi connectivity index (χ2v) is 7.59. The van der Waals surface area contributed by atoms with Crippen molar-refractivity contribution in [2.75, 3.05) is 13.2 Å². The third-order valence-electron chi connectivity index (χ3n) is 5.17. The van der Waals surface area contributed by atoms with Crippen LogP contribution in [0.2, 0.25) is 0 Å². The lowest BCUT2D eigenvalue weighted by atomic mass is 10.0. The zero-order valence-corrected chi connectivity index (χ0v) is 16.6. The molecular formula is C24H26N2O3. The number of nitrogens with zero attached hydrogens (tertiary/aromatic N) is 1. The van der Waals surface area contributed by atoms with E-state index < -0.39 is 0 Å². The molecule has 1 aromatic heterocycles. The maximum atomic E-state index is 12.0. The predicted octanol–water partition coefficient (Wildman–Crippen LogP) is 3.79. The van der Waals surface area contributed by atoms with Crippen LogP contribution < -0.4 is 10.1 Å². The van der Waals surface area contributed by atoms with Gasteiger partial charge in [0.1, 0.15) is 12.4 Å². The molecule has 0 unspecified atom stereocenters. The van der Waals surface area contributed by atoms with E-state index in [1.165, 1.54) is 0 Å². The van der Waals surface area contributed by atoms with Gasteiger partial charge in [0.05, 0.1) is 17.8 Å². The van der Waals surface area contributed by atoms with Crippen LogP contribution in [0.5, 0.6) is 5.75 Å². The smallest absolute Gasteiger partial charge is 0.220 e. The number of aliphatic hydroxyl groups excluding tert-OH is 1. The van der Waals surface area contributed by atoms with Crippen LogP contribution in [-0.4, -0.2) is 35.3 Å². The molecule has 2 aromatic carbocycles. The Hall–Kier alpha value is -2.92. The fourth-order valence-corrected chi connectivity index (χ4v) is 3.48. The van der Waals surface area contributed by atoms with Crippen LogP contribution in [0.4, 0.5) is 0 Å². The van der Waals surface area contributed by atoms with Crippen LogP contribution >= 0.6 is 0 Å². The Bertz CT molecular complexity index is 1030. The topological polar surface area (TPSA) is 71.5 Å². The van der Waals surface area contributed by atoms with Gasteiger partial charge >= 0.3 is 0 Å². The number of aromatic nitrogens is 1. The highest BCUT2D eigenvalue weighted by Gasteiger charge is 2.22. The molecule has 0 aliphatic heterocycles. The number of pyridine rings is 1. The van der Waals surface area contributed by atoms with E-state index in [-0.39, 0.29) is 19.1 Å². The summed E-state index contributed by atoms with van der Waals surface area (Å²) in [5.41, 5.74) is 4.95. The number of aliphatic hydroxyl groups is 1. The molecule has 1 aliphatic rings. The van der Waals surface area contributed by atoms with E-state index in [2.05, 4.69) is 30.4 Å². The number of rotatable bonds is 8. The Morgan fingerprint density at radius 2 is 2.03 bits per heavy atom. The average molecular weight is 390 g/mol. The second-order valence-electron chi connectivity index (χ2n) is 7.59. The third kappa shape index (κ3) is 4.74. The molecule has 4 rings (SSSR count). The molecular weight excluding hydrogens is 364 g/mol. The molecule has 1 heterocycles. The molecule has 29 heavy (non-hydrogen) atoms. The normalized spacial score (nSPS) is 13.4. The van der Waals surface area contributed by atoms with Gasteiger partial charge in [-0.1, -0.05) is 18.2 Å². The van der Waals surface area contributed by atoms with Crippen molar-refractivity contribution in [3.05, 3.63) is 59.7 Å². The van der Waals surface area contributed by atoms with Crippen molar-refractivity contribution in [3.8, 4) is 17.0 Å². The maximum absolute atomic E-state index is 12.0. The molecule has 150 valence electrons. The molecule has 3 aromatic rings. The fraction of sp³-hybridized carbons (Fsp3) is 0.333.